The molecule has 218 valence electrons. The number of hydrogen-bond acceptors (Lipinski definition) is 1. The highest BCUT2D eigenvalue weighted by Gasteiger charge is 2.25. The van der Waals surface area contributed by atoms with Gasteiger partial charge in [-0.2, -0.15) is 0 Å². The van der Waals surface area contributed by atoms with E-state index in [2.05, 4.69) is 127 Å². The van der Waals surface area contributed by atoms with Crippen molar-refractivity contribution in [1.29, 1.82) is 0 Å². The topological polar surface area (TPSA) is 3.24 Å². The van der Waals surface area contributed by atoms with Gasteiger partial charge in [0.2, 0.25) is 0 Å². The van der Waals surface area contributed by atoms with Crippen LogP contribution < -0.4 is 4.90 Å². The average molecular weight is 589 g/mol. The van der Waals surface area contributed by atoms with Crippen molar-refractivity contribution in [3.63, 3.8) is 0 Å². The van der Waals surface area contributed by atoms with E-state index in [1.54, 1.807) is 0 Å². The Kier molecular flexibility index (Phi) is 9.82. The third-order valence-corrected chi connectivity index (χ3v) is 9.00. The molecule has 0 aliphatic heterocycles. The second kappa shape index (κ2) is 12.8. The summed E-state index contributed by atoms with van der Waals surface area (Å²) in [6.45, 7) is 17.8. The maximum atomic E-state index is 6.76. The van der Waals surface area contributed by atoms with Gasteiger partial charge < -0.3 is 4.90 Å². The zero-order valence-corrected chi connectivity index (χ0v) is 27.8. The van der Waals surface area contributed by atoms with Crippen molar-refractivity contribution in [1.82, 2.24) is 0 Å². The molecule has 0 saturated heterocycles. The van der Waals surface area contributed by atoms with Crippen molar-refractivity contribution in [3.8, 4) is 0 Å². The van der Waals surface area contributed by atoms with E-state index in [0.717, 1.165) is 53.5 Å². The largest absolute Gasteiger partial charge is 0.310 e. The number of rotatable bonds is 3. The summed E-state index contributed by atoms with van der Waals surface area (Å²) in [7, 11) is 0. The second-order valence-corrected chi connectivity index (χ2v) is 14.4. The number of hydrogen-bond donors (Lipinski definition) is 0. The summed E-state index contributed by atoms with van der Waals surface area (Å²) in [6.07, 6.45) is 6.10. The molecule has 0 heterocycles. The number of fused-ring (bicyclic) bond motifs is 1. The van der Waals surface area contributed by atoms with Gasteiger partial charge in [-0.1, -0.05) is 121 Å². The molecule has 1 nitrogen and oxygen atoms in total. The molecule has 3 heteroatoms. The van der Waals surface area contributed by atoms with Crippen LogP contribution in [0.2, 0.25) is 0 Å². The molecule has 0 atom stereocenters. The summed E-state index contributed by atoms with van der Waals surface area (Å²) in [4.78, 5) is 2.38. The summed E-state index contributed by atoms with van der Waals surface area (Å²) < 4.78 is 0. The van der Waals surface area contributed by atoms with Crippen LogP contribution in [0.1, 0.15) is 103 Å². The van der Waals surface area contributed by atoms with Crippen LogP contribution in [-0.4, -0.2) is 0 Å². The lowest BCUT2D eigenvalue weighted by molar-refractivity contribution is 0.590. The first kappa shape index (κ1) is 31.5. The number of benzene rings is 3. The molecule has 0 bridgehead atoms. The van der Waals surface area contributed by atoms with Gasteiger partial charge in [0, 0.05) is 22.1 Å². The Morgan fingerprint density at radius 2 is 1.07 bits per heavy atom. The third kappa shape index (κ3) is 7.30. The van der Waals surface area contributed by atoms with Crippen molar-refractivity contribution in [2.45, 2.75) is 105 Å². The molecular formula is C38H47Cl2N. The highest BCUT2D eigenvalue weighted by atomic mass is 35.5. The number of halogens is 2. The normalized spacial score (nSPS) is 15.5. The van der Waals surface area contributed by atoms with Gasteiger partial charge in [0.15, 0.2) is 0 Å². The van der Waals surface area contributed by atoms with Gasteiger partial charge in [-0.25, -0.2) is 0 Å². The van der Waals surface area contributed by atoms with E-state index >= 15 is 0 Å². The summed E-state index contributed by atoms with van der Waals surface area (Å²) in [6, 6.07) is 25.1. The van der Waals surface area contributed by atoms with Crippen LogP contribution in [0, 0.1) is 0 Å². The van der Waals surface area contributed by atoms with Crippen LogP contribution in [0.25, 0.3) is 0 Å². The molecule has 3 aromatic carbocycles. The highest BCUT2D eigenvalue weighted by Crippen LogP contribution is 2.43. The molecular weight excluding hydrogens is 541 g/mol. The quantitative estimate of drug-likeness (QED) is 0.294. The lowest BCUT2D eigenvalue weighted by atomic mass is 9.86. The van der Waals surface area contributed by atoms with Gasteiger partial charge in [-0.05, 0) is 107 Å². The first-order valence-electron chi connectivity index (χ1n) is 15.2. The fourth-order valence-corrected chi connectivity index (χ4v) is 6.13. The molecule has 0 fully saturated rings. The van der Waals surface area contributed by atoms with Crippen LogP contribution in [0.4, 0.5) is 17.1 Å². The fraction of sp³-hybridized carbons (Fsp3) is 0.421. The van der Waals surface area contributed by atoms with Gasteiger partial charge in [0.1, 0.15) is 0 Å². The highest BCUT2D eigenvalue weighted by molar-refractivity contribution is 6.41. The number of aryl methyl sites for hydroxylation is 1. The maximum absolute atomic E-state index is 6.76. The Hall–Kier alpha value is -2.48. The molecule has 3 aromatic rings. The Balaban J connectivity index is 0.00000124. The summed E-state index contributed by atoms with van der Waals surface area (Å²) in [5, 5.41) is 1.59. The Morgan fingerprint density at radius 1 is 0.610 bits per heavy atom. The molecule has 0 aromatic heterocycles. The zero-order valence-electron chi connectivity index (χ0n) is 26.3. The van der Waals surface area contributed by atoms with Gasteiger partial charge >= 0.3 is 0 Å². The van der Waals surface area contributed by atoms with E-state index in [0.29, 0.717) is 0 Å². The molecule has 0 amide bonds. The van der Waals surface area contributed by atoms with Crippen molar-refractivity contribution in [3.05, 3.63) is 110 Å². The Bertz CT molecular complexity index is 1350. The van der Waals surface area contributed by atoms with Crippen molar-refractivity contribution >= 4 is 40.3 Å². The van der Waals surface area contributed by atoms with Gasteiger partial charge in [-0.3, -0.25) is 0 Å². The van der Waals surface area contributed by atoms with E-state index in [1.165, 1.54) is 45.5 Å². The number of nitrogens with zero attached hydrogens (tertiary/aromatic N) is 1. The standard InChI is InChI=1S/C35H39Cl2N.C3H8/c1-34(2,3)26-11-16-28(17-12-26)38(29-18-13-27(14-19-29)35(4,5)6)30-15-9-23-7-8-24-10-20-32(36)33(37)31(24)22-25(23)21-30;1-3-2/h9,11-19,21H,7-8,10,20,22H2,1-6H3;3H2,1-2H3. The van der Waals surface area contributed by atoms with Crippen LogP contribution in [-0.2, 0) is 23.7 Å². The molecule has 0 spiro atoms. The van der Waals surface area contributed by atoms with E-state index in [1.807, 2.05) is 0 Å². The maximum Gasteiger partial charge on any atom is 0.0586 e. The van der Waals surface area contributed by atoms with Crippen LogP contribution in [0.15, 0.2) is 87.9 Å². The monoisotopic (exact) mass is 587 g/mol. The first-order valence-corrected chi connectivity index (χ1v) is 16.0. The average Bonchev–Trinajstić information content (AvgIpc) is 3.11. The van der Waals surface area contributed by atoms with Crippen LogP contribution >= 0.6 is 23.2 Å². The lowest BCUT2D eigenvalue weighted by Crippen LogP contribution is -2.14. The fourth-order valence-electron chi connectivity index (χ4n) is 5.62. The molecule has 2 aliphatic carbocycles. The second-order valence-electron chi connectivity index (χ2n) is 13.6. The van der Waals surface area contributed by atoms with E-state index in [9.17, 15) is 0 Å². The van der Waals surface area contributed by atoms with Crippen molar-refractivity contribution < 1.29 is 0 Å². The number of allylic oxidation sites excluding steroid dienone is 4. The van der Waals surface area contributed by atoms with Crippen LogP contribution in [0.5, 0.6) is 0 Å². The zero-order chi connectivity index (χ0) is 29.9. The van der Waals surface area contributed by atoms with Gasteiger partial charge in [-0.15, -0.1) is 0 Å². The molecule has 0 saturated carbocycles. The molecule has 5 rings (SSSR count). The SMILES string of the molecule is CC(C)(C)c1ccc(N(c2ccc(C(C)(C)C)cc2)c2ccc3c(c2)CC2=C(CCC(Cl)=C2Cl)CC3)cc1.CCC. The van der Waals surface area contributed by atoms with Gasteiger partial charge in [0.25, 0.3) is 0 Å². The molecule has 0 radical (unpaired) electrons. The smallest absolute Gasteiger partial charge is 0.0586 e. The van der Waals surface area contributed by atoms with Crippen molar-refractivity contribution in [2.24, 2.45) is 0 Å². The molecule has 0 N–H and O–H groups in total. The molecule has 41 heavy (non-hydrogen) atoms. The van der Waals surface area contributed by atoms with Crippen LogP contribution in [0.3, 0.4) is 0 Å². The summed E-state index contributed by atoms with van der Waals surface area (Å²) >= 11 is 13.3. The van der Waals surface area contributed by atoms with Gasteiger partial charge in [0.05, 0.1) is 5.03 Å². The minimum Gasteiger partial charge on any atom is -0.310 e. The summed E-state index contributed by atoms with van der Waals surface area (Å²) in [5.41, 5.74) is 11.9. The predicted octanol–water partition coefficient (Wildman–Crippen LogP) is 12.4. The minimum absolute atomic E-state index is 0.112. The van der Waals surface area contributed by atoms with Crippen molar-refractivity contribution in [2.75, 3.05) is 4.90 Å². The molecule has 0 unspecified atom stereocenters. The Labute approximate surface area is 259 Å². The lowest BCUT2D eigenvalue weighted by Gasteiger charge is -2.29. The summed E-state index contributed by atoms with van der Waals surface area (Å²) in [5.74, 6) is 0. The first-order chi connectivity index (χ1) is 19.3. The third-order valence-electron chi connectivity index (χ3n) is 8.07. The minimum atomic E-state index is 0.112. The Morgan fingerprint density at radius 3 is 1.56 bits per heavy atom. The predicted molar refractivity (Wildman–Crippen MR) is 182 cm³/mol. The van der Waals surface area contributed by atoms with E-state index < -0.39 is 0 Å². The number of anilines is 3. The van der Waals surface area contributed by atoms with E-state index in [-0.39, 0.29) is 10.8 Å². The molecule has 2 aliphatic rings. The van der Waals surface area contributed by atoms with E-state index in [4.69, 9.17) is 23.2 Å².